The number of carbonyl (C=O) groups is 2. The smallest absolute Gasteiger partial charge is 0.264 e. The first-order valence-corrected chi connectivity index (χ1v) is 25.4. The minimum atomic E-state index is -2.42. The highest BCUT2D eigenvalue weighted by Gasteiger charge is 2.66. The van der Waals surface area contributed by atoms with Crippen molar-refractivity contribution in [1.29, 1.82) is 0 Å². The Balaban J connectivity index is 1.05. The first-order chi connectivity index (χ1) is 30.5. The fourth-order valence-corrected chi connectivity index (χ4v) is 14.6. The lowest BCUT2D eigenvalue weighted by molar-refractivity contribution is -0.146. The zero-order valence-electron chi connectivity index (χ0n) is 35.9. The number of methoxy groups -OCH3 is 1. The first kappa shape index (κ1) is 42.6. The van der Waals surface area contributed by atoms with Crippen molar-refractivity contribution in [2.24, 2.45) is 11.0 Å². The molecule has 6 aromatic rings. The molecule has 13 heteroatoms. The van der Waals surface area contributed by atoms with E-state index in [2.05, 4.69) is 64.5 Å². The number of hydrogen-bond acceptors (Lipinski definition) is 8. The molecular weight excluding hydrogens is 873 g/mol. The average molecular weight is 924 g/mol. The van der Waals surface area contributed by atoms with E-state index in [1.165, 1.54) is 10.2 Å². The fourth-order valence-electron chi connectivity index (χ4n) is 10.2. The van der Waals surface area contributed by atoms with Crippen molar-refractivity contribution in [3.63, 3.8) is 0 Å². The molecule has 1 aromatic heterocycles. The second-order valence-electron chi connectivity index (χ2n) is 17.3. The molecule has 9 rings (SSSR count). The zero-order chi connectivity index (χ0) is 43.9. The molecule has 2 amide bonds. The van der Waals surface area contributed by atoms with E-state index in [-0.39, 0.29) is 48.4 Å². The standard InChI is InChI=1S/C50H51BrN6O5Si/c1-33-48(63(3,4)40-21-19-39(61-2)20-22-40)46(26-27-55-31-44(52-54-55)41(32-58)35-13-7-5-8-14-35)62-50(33)42-29-37(51)18-24-45(42)56(49(50)60)30-34-12-11-17-38(28-34)57-47(59)25-23-43(53-57)36-15-9-6-10-16-36/h5-22,24,28-29,31,33,41,46,48,58H,23,25-27,30,32H2,1-4H3/t33-,41?,46+,48-,50+/m0/s1. The number of rotatable bonds is 13. The van der Waals surface area contributed by atoms with E-state index in [1.54, 1.807) is 7.11 Å². The highest BCUT2D eigenvalue weighted by Crippen LogP contribution is 2.60. The predicted octanol–water partition coefficient (Wildman–Crippen LogP) is 8.56. The molecule has 1 N–H and O–H groups in total. The molecule has 3 aliphatic rings. The van der Waals surface area contributed by atoms with Gasteiger partial charge in [0, 0.05) is 41.5 Å². The van der Waals surface area contributed by atoms with Crippen LogP contribution in [0.1, 0.15) is 60.1 Å². The summed E-state index contributed by atoms with van der Waals surface area (Å²) in [7, 11) is -0.743. The van der Waals surface area contributed by atoms with Gasteiger partial charge < -0.3 is 19.5 Å². The minimum absolute atomic E-state index is 0.0178. The third kappa shape index (κ3) is 7.85. The van der Waals surface area contributed by atoms with Crippen LogP contribution in [0.2, 0.25) is 18.6 Å². The fraction of sp³-hybridized carbons (Fsp3) is 0.300. The number of aliphatic hydroxyl groups is 1. The molecule has 1 fully saturated rings. The van der Waals surface area contributed by atoms with Crippen molar-refractivity contribution in [2.45, 2.75) is 75.5 Å². The van der Waals surface area contributed by atoms with Gasteiger partial charge in [-0.25, -0.2) is 5.01 Å². The van der Waals surface area contributed by atoms with Crippen LogP contribution in [0.3, 0.4) is 0 Å². The van der Waals surface area contributed by atoms with Crippen LogP contribution in [-0.4, -0.2) is 65.5 Å². The third-order valence-electron chi connectivity index (χ3n) is 13.4. The van der Waals surface area contributed by atoms with Gasteiger partial charge in [0.25, 0.3) is 5.91 Å². The molecule has 0 radical (unpaired) electrons. The first-order valence-electron chi connectivity index (χ1n) is 21.6. The molecule has 3 aliphatic heterocycles. The summed E-state index contributed by atoms with van der Waals surface area (Å²) in [5, 5.41) is 27.0. The Morgan fingerprint density at radius 1 is 0.921 bits per heavy atom. The minimum Gasteiger partial charge on any atom is -0.497 e. The van der Waals surface area contributed by atoms with Crippen LogP contribution >= 0.6 is 15.9 Å². The van der Waals surface area contributed by atoms with Crippen molar-refractivity contribution in [3.05, 3.63) is 166 Å². The van der Waals surface area contributed by atoms with Gasteiger partial charge in [0.2, 0.25) is 5.91 Å². The Hall–Kier alpha value is -5.73. The summed E-state index contributed by atoms with van der Waals surface area (Å²) in [6.07, 6.45) is 3.13. The number of aliphatic hydroxyl groups excluding tert-OH is 1. The number of hydrazone groups is 1. The average Bonchev–Trinajstić information content (AvgIpc) is 3.96. The summed E-state index contributed by atoms with van der Waals surface area (Å²) < 4.78 is 15.7. The molecule has 1 saturated heterocycles. The van der Waals surface area contributed by atoms with E-state index in [1.807, 2.05) is 125 Å². The molecule has 11 nitrogen and oxygen atoms in total. The van der Waals surface area contributed by atoms with Gasteiger partial charge in [0.15, 0.2) is 5.60 Å². The second-order valence-corrected chi connectivity index (χ2v) is 22.9. The third-order valence-corrected chi connectivity index (χ3v) is 18.2. The van der Waals surface area contributed by atoms with Crippen molar-refractivity contribution in [2.75, 3.05) is 23.6 Å². The summed E-state index contributed by atoms with van der Waals surface area (Å²) >= 11 is 3.75. The van der Waals surface area contributed by atoms with Crippen molar-refractivity contribution in [3.8, 4) is 5.75 Å². The summed E-state index contributed by atoms with van der Waals surface area (Å²) in [6.45, 7) is 7.65. The molecule has 5 aromatic carbocycles. The molecule has 4 heterocycles. The number of aromatic nitrogens is 3. The van der Waals surface area contributed by atoms with Crippen LogP contribution in [0.15, 0.2) is 143 Å². The highest BCUT2D eigenvalue weighted by atomic mass is 79.9. The molecular formula is C50H51BrN6O5Si. The number of carbonyl (C=O) groups excluding carboxylic acids is 2. The number of benzene rings is 5. The number of fused-ring (bicyclic) bond motifs is 2. The predicted molar refractivity (Wildman–Crippen MR) is 251 cm³/mol. The summed E-state index contributed by atoms with van der Waals surface area (Å²) in [4.78, 5) is 30.7. The van der Waals surface area contributed by atoms with E-state index in [0.29, 0.717) is 37.2 Å². The SMILES string of the molecule is COc1ccc([Si](C)(C)[C@@H]2[C@@H](CCn3cc(C(CO)c4ccccc4)nn3)O[C@]3(C(=O)N(Cc4cccc(N5N=C(c6ccccc6)CCC5=O)c4)c4ccc(Br)cc43)[C@H]2C)cc1. The van der Waals surface area contributed by atoms with Gasteiger partial charge in [0.1, 0.15) is 5.75 Å². The Morgan fingerprint density at radius 2 is 1.67 bits per heavy atom. The quantitative estimate of drug-likeness (QED) is 0.115. The van der Waals surface area contributed by atoms with Gasteiger partial charge in [-0.1, -0.05) is 131 Å². The number of nitrogens with zero attached hydrogens (tertiary/aromatic N) is 6. The molecule has 63 heavy (non-hydrogen) atoms. The number of anilines is 2. The molecule has 1 unspecified atom stereocenters. The van der Waals surface area contributed by atoms with E-state index in [9.17, 15) is 9.90 Å². The summed E-state index contributed by atoms with van der Waals surface area (Å²) in [5.74, 6) is 0.124. The molecule has 0 aliphatic carbocycles. The van der Waals surface area contributed by atoms with E-state index < -0.39 is 13.7 Å². The molecule has 1 spiro atoms. The normalized spacial score (nSPS) is 21.5. The molecule has 322 valence electrons. The maximum Gasteiger partial charge on any atom is 0.264 e. The van der Waals surface area contributed by atoms with E-state index in [0.717, 1.165) is 43.9 Å². The van der Waals surface area contributed by atoms with E-state index in [4.69, 9.17) is 14.6 Å². The number of aryl methyl sites for hydroxylation is 1. The Kier molecular flexibility index (Phi) is 11.8. The maximum atomic E-state index is 15.6. The van der Waals surface area contributed by atoms with Crippen LogP contribution < -0.4 is 19.8 Å². The van der Waals surface area contributed by atoms with Crippen LogP contribution in [0.25, 0.3) is 0 Å². The van der Waals surface area contributed by atoms with Crippen molar-refractivity contribution >= 4 is 58.1 Å². The Labute approximate surface area is 377 Å². The van der Waals surface area contributed by atoms with Crippen LogP contribution in [0, 0.1) is 5.92 Å². The highest BCUT2D eigenvalue weighted by molar-refractivity contribution is 9.10. The van der Waals surface area contributed by atoms with Crippen molar-refractivity contribution in [1.82, 2.24) is 15.0 Å². The lowest BCUT2D eigenvalue weighted by Gasteiger charge is -2.37. The van der Waals surface area contributed by atoms with Gasteiger partial charge in [0.05, 0.1) is 63.1 Å². The lowest BCUT2D eigenvalue weighted by atomic mass is 9.82. The topological polar surface area (TPSA) is 122 Å². The number of hydrogen-bond donors (Lipinski definition) is 1. The van der Waals surface area contributed by atoms with Crippen LogP contribution in [-0.2, 0) is 33.0 Å². The van der Waals surface area contributed by atoms with Gasteiger partial charge in [-0.15, -0.1) is 5.10 Å². The Bertz CT molecular complexity index is 2660. The second kappa shape index (κ2) is 17.4. The van der Waals surface area contributed by atoms with Crippen molar-refractivity contribution < 1.29 is 24.2 Å². The number of ether oxygens (including phenoxy) is 2. The van der Waals surface area contributed by atoms with E-state index >= 15 is 4.79 Å². The monoisotopic (exact) mass is 922 g/mol. The van der Waals surface area contributed by atoms with Gasteiger partial charge >= 0.3 is 0 Å². The van der Waals surface area contributed by atoms with Gasteiger partial charge in [-0.05, 0) is 71.1 Å². The van der Waals surface area contributed by atoms with Gasteiger partial charge in [-0.2, -0.15) is 5.10 Å². The van der Waals surface area contributed by atoms with Crippen LogP contribution in [0.4, 0.5) is 11.4 Å². The van der Waals surface area contributed by atoms with Crippen LogP contribution in [0.5, 0.6) is 5.75 Å². The van der Waals surface area contributed by atoms with Gasteiger partial charge in [-0.3, -0.25) is 14.3 Å². The largest absolute Gasteiger partial charge is 0.497 e. The summed E-state index contributed by atoms with van der Waals surface area (Å²) in [5.41, 5.74) is 5.46. The number of amides is 2. The maximum absolute atomic E-state index is 15.6. The number of halogens is 1. The molecule has 5 atom stereocenters. The zero-order valence-corrected chi connectivity index (χ0v) is 38.5. The molecule has 0 saturated carbocycles. The lowest BCUT2D eigenvalue weighted by Crippen LogP contribution is -2.51. The Morgan fingerprint density at radius 3 is 2.40 bits per heavy atom. The molecule has 0 bridgehead atoms. The summed E-state index contributed by atoms with van der Waals surface area (Å²) in [6, 6.07) is 42.0.